The van der Waals surface area contributed by atoms with Crippen molar-refractivity contribution in [2.45, 2.75) is 63.7 Å². The van der Waals surface area contributed by atoms with Crippen molar-refractivity contribution >= 4 is 29.5 Å². The summed E-state index contributed by atoms with van der Waals surface area (Å²) in [5, 5.41) is 3.08. The summed E-state index contributed by atoms with van der Waals surface area (Å²) in [5.74, 6) is 2.00. The predicted molar refractivity (Wildman–Crippen MR) is 114 cm³/mol. The summed E-state index contributed by atoms with van der Waals surface area (Å²) < 4.78 is 0. The third-order valence-electron chi connectivity index (χ3n) is 6.45. The molecule has 4 rings (SSSR count). The number of thioether (sulfide) groups is 1. The van der Waals surface area contributed by atoms with Gasteiger partial charge in [-0.15, -0.1) is 0 Å². The van der Waals surface area contributed by atoms with Crippen LogP contribution in [-0.2, 0) is 16.1 Å². The predicted octanol–water partition coefficient (Wildman–Crippen LogP) is 2.42. The summed E-state index contributed by atoms with van der Waals surface area (Å²) in [5.41, 5.74) is 1.37. The average molecular weight is 416 g/mol. The van der Waals surface area contributed by atoms with E-state index >= 15 is 0 Å². The number of carbonyl (C=O) groups excluding carboxylic acids is 3. The van der Waals surface area contributed by atoms with Crippen molar-refractivity contribution in [1.82, 2.24) is 15.1 Å². The molecule has 3 amide bonds. The molecular formula is C22H29N3O3S. The van der Waals surface area contributed by atoms with E-state index in [2.05, 4.69) is 5.32 Å². The lowest BCUT2D eigenvalue weighted by atomic mass is 9.86. The van der Waals surface area contributed by atoms with Gasteiger partial charge in [-0.2, -0.15) is 11.8 Å². The third-order valence-corrected chi connectivity index (χ3v) is 7.44. The molecule has 3 heterocycles. The van der Waals surface area contributed by atoms with Crippen LogP contribution in [0, 0.1) is 0 Å². The van der Waals surface area contributed by atoms with Crippen LogP contribution in [0.3, 0.4) is 0 Å². The minimum Gasteiger partial charge on any atom is -0.351 e. The number of fused-ring (bicyclic) bond motifs is 1. The molecule has 1 aromatic rings. The molecule has 156 valence electrons. The fourth-order valence-corrected chi connectivity index (χ4v) is 6.09. The van der Waals surface area contributed by atoms with E-state index in [9.17, 15) is 14.4 Å². The lowest BCUT2D eigenvalue weighted by molar-refractivity contribution is -0.129. The Morgan fingerprint density at radius 3 is 2.62 bits per heavy atom. The second-order valence-electron chi connectivity index (χ2n) is 8.67. The fourth-order valence-electron chi connectivity index (χ4n) is 4.84. The standard InChI is InChI=1S/C22H29N3O3S/c1-15(2)24-14-17(11-20(24)27)23-19(26)12-22(7-9-29-10-8-22)25-13-16-5-3-4-6-18(16)21(25)28/h3-6,15,17H,7-14H2,1-2H3,(H,23,26). The van der Waals surface area contributed by atoms with Crippen molar-refractivity contribution < 1.29 is 14.4 Å². The first kappa shape index (κ1) is 20.3. The number of likely N-dealkylation sites (tertiary alicyclic amines) is 1. The van der Waals surface area contributed by atoms with E-state index in [1.807, 2.05) is 59.7 Å². The van der Waals surface area contributed by atoms with Crippen LogP contribution in [0.25, 0.3) is 0 Å². The molecular weight excluding hydrogens is 386 g/mol. The Kier molecular flexibility index (Phi) is 5.60. The van der Waals surface area contributed by atoms with Crippen LogP contribution in [0.5, 0.6) is 0 Å². The number of nitrogens with one attached hydrogen (secondary N) is 1. The van der Waals surface area contributed by atoms with Crippen LogP contribution in [0.15, 0.2) is 24.3 Å². The van der Waals surface area contributed by atoms with Crippen LogP contribution in [-0.4, -0.2) is 63.2 Å². The second kappa shape index (κ2) is 8.01. The molecule has 6 nitrogen and oxygen atoms in total. The van der Waals surface area contributed by atoms with Crippen LogP contribution >= 0.6 is 11.8 Å². The monoisotopic (exact) mass is 415 g/mol. The van der Waals surface area contributed by atoms with E-state index in [0.29, 0.717) is 25.9 Å². The number of hydrogen-bond donors (Lipinski definition) is 1. The maximum atomic E-state index is 13.1. The summed E-state index contributed by atoms with van der Waals surface area (Å²) in [4.78, 5) is 42.0. The van der Waals surface area contributed by atoms with Crippen LogP contribution in [0.2, 0.25) is 0 Å². The van der Waals surface area contributed by atoms with Gasteiger partial charge in [0.25, 0.3) is 5.91 Å². The summed E-state index contributed by atoms with van der Waals surface area (Å²) in [6, 6.07) is 7.75. The molecule has 3 aliphatic rings. The molecule has 2 saturated heterocycles. The van der Waals surface area contributed by atoms with Crippen molar-refractivity contribution in [3.05, 3.63) is 35.4 Å². The number of benzene rings is 1. The lowest BCUT2D eigenvalue weighted by Crippen LogP contribution is -2.54. The molecule has 0 aromatic heterocycles. The minimum absolute atomic E-state index is 0.0438. The molecule has 1 unspecified atom stereocenters. The van der Waals surface area contributed by atoms with Crippen molar-refractivity contribution in [1.29, 1.82) is 0 Å². The molecule has 7 heteroatoms. The topological polar surface area (TPSA) is 69.7 Å². The van der Waals surface area contributed by atoms with Crippen molar-refractivity contribution in [2.75, 3.05) is 18.1 Å². The Morgan fingerprint density at radius 2 is 1.97 bits per heavy atom. The molecule has 0 spiro atoms. The van der Waals surface area contributed by atoms with Gasteiger partial charge in [-0.3, -0.25) is 14.4 Å². The molecule has 1 aromatic carbocycles. The van der Waals surface area contributed by atoms with Gasteiger partial charge >= 0.3 is 0 Å². The van der Waals surface area contributed by atoms with Gasteiger partial charge in [-0.1, -0.05) is 18.2 Å². The van der Waals surface area contributed by atoms with Gasteiger partial charge in [0, 0.05) is 37.5 Å². The van der Waals surface area contributed by atoms with E-state index in [1.165, 1.54) is 0 Å². The SMILES string of the molecule is CC(C)N1CC(NC(=O)CC2(N3Cc4ccccc4C3=O)CCSCC2)CC1=O. The highest BCUT2D eigenvalue weighted by molar-refractivity contribution is 7.99. The zero-order chi connectivity index (χ0) is 20.6. The highest BCUT2D eigenvalue weighted by atomic mass is 32.2. The molecule has 2 fully saturated rings. The number of carbonyl (C=O) groups is 3. The zero-order valence-electron chi connectivity index (χ0n) is 17.1. The molecule has 0 radical (unpaired) electrons. The Hall–Kier alpha value is -2.02. The quantitative estimate of drug-likeness (QED) is 0.802. The molecule has 0 bridgehead atoms. The zero-order valence-corrected chi connectivity index (χ0v) is 18.0. The minimum atomic E-state index is -0.439. The molecule has 29 heavy (non-hydrogen) atoms. The van der Waals surface area contributed by atoms with E-state index in [-0.39, 0.29) is 29.8 Å². The van der Waals surface area contributed by atoms with Gasteiger partial charge in [0.1, 0.15) is 0 Å². The fraction of sp³-hybridized carbons (Fsp3) is 0.591. The molecule has 3 aliphatic heterocycles. The highest BCUT2D eigenvalue weighted by Gasteiger charge is 2.46. The number of nitrogens with zero attached hydrogens (tertiary/aromatic N) is 2. The van der Waals surface area contributed by atoms with E-state index in [1.54, 1.807) is 0 Å². The Morgan fingerprint density at radius 1 is 1.24 bits per heavy atom. The summed E-state index contributed by atoms with van der Waals surface area (Å²) in [6.45, 7) is 5.13. The molecule has 0 aliphatic carbocycles. The second-order valence-corrected chi connectivity index (χ2v) is 9.90. The number of amides is 3. The van der Waals surface area contributed by atoms with E-state index in [0.717, 1.165) is 35.5 Å². The Labute approximate surface area is 176 Å². The van der Waals surface area contributed by atoms with Crippen LogP contribution in [0.1, 0.15) is 55.5 Å². The Bertz CT molecular complexity index is 819. The normalized spacial score (nSPS) is 23.6. The average Bonchev–Trinajstić information content (AvgIpc) is 3.23. The molecule has 0 saturated carbocycles. The third kappa shape index (κ3) is 3.89. The van der Waals surface area contributed by atoms with Crippen molar-refractivity contribution in [3.63, 3.8) is 0 Å². The first-order valence-corrected chi connectivity index (χ1v) is 11.6. The molecule has 1 N–H and O–H groups in total. The van der Waals surface area contributed by atoms with Crippen LogP contribution < -0.4 is 5.32 Å². The van der Waals surface area contributed by atoms with Gasteiger partial charge in [-0.05, 0) is 49.8 Å². The van der Waals surface area contributed by atoms with Gasteiger partial charge < -0.3 is 15.1 Å². The lowest BCUT2D eigenvalue weighted by Gasteiger charge is -2.44. The van der Waals surface area contributed by atoms with Crippen molar-refractivity contribution in [2.24, 2.45) is 0 Å². The van der Waals surface area contributed by atoms with E-state index in [4.69, 9.17) is 0 Å². The molecule has 1 atom stereocenters. The number of hydrogen-bond acceptors (Lipinski definition) is 4. The first-order valence-electron chi connectivity index (χ1n) is 10.5. The highest BCUT2D eigenvalue weighted by Crippen LogP contribution is 2.40. The van der Waals surface area contributed by atoms with Gasteiger partial charge in [0.05, 0.1) is 11.6 Å². The summed E-state index contributed by atoms with van der Waals surface area (Å²) in [7, 11) is 0. The maximum absolute atomic E-state index is 13.1. The van der Waals surface area contributed by atoms with Gasteiger partial charge in [0.2, 0.25) is 11.8 Å². The summed E-state index contributed by atoms with van der Waals surface area (Å²) >= 11 is 1.88. The maximum Gasteiger partial charge on any atom is 0.254 e. The smallest absolute Gasteiger partial charge is 0.254 e. The van der Waals surface area contributed by atoms with Crippen molar-refractivity contribution in [3.8, 4) is 0 Å². The Balaban J connectivity index is 1.47. The van der Waals surface area contributed by atoms with E-state index < -0.39 is 5.54 Å². The largest absolute Gasteiger partial charge is 0.351 e. The van der Waals surface area contributed by atoms with Gasteiger partial charge in [-0.25, -0.2) is 0 Å². The first-order chi connectivity index (χ1) is 13.9. The summed E-state index contributed by atoms with van der Waals surface area (Å²) in [6.07, 6.45) is 2.32. The van der Waals surface area contributed by atoms with Crippen LogP contribution in [0.4, 0.5) is 0 Å². The van der Waals surface area contributed by atoms with Gasteiger partial charge in [0.15, 0.2) is 0 Å². The number of rotatable bonds is 5.